The van der Waals surface area contributed by atoms with Crippen LogP contribution in [-0.2, 0) is 11.2 Å². The largest absolute Gasteiger partial charge is 0.493 e. The van der Waals surface area contributed by atoms with Gasteiger partial charge in [-0.25, -0.2) is 4.98 Å². The van der Waals surface area contributed by atoms with Gasteiger partial charge in [-0.2, -0.15) is 0 Å². The molecule has 0 aliphatic carbocycles. The van der Waals surface area contributed by atoms with Crippen LogP contribution in [0.1, 0.15) is 11.3 Å². The van der Waals surface area contributed by atoms with Gasteiger partial charge >= 0.3 is 0 Å². The molecule has 4 aromatic rings. The van der Waals surface area contributed by atoms with Crippen LogP contribution in [-0.4, -0.2) is 25.4 Å². The smallest absolute Gasteiger partial charge is 0.270 e. The van der Waals surface area contributed by atoms with E-state index in [9.17, 15) is 9.90 Å². The molecule has 0 saturated heterocycles. The number of aromatic nitrogens is 3. The van der Waals surface area contributed by atoms with Crippen LogP contribution < -0.4 is 0 Å². The van der Waals surface area contributed by atoms with Gasteiger partial charge in [-0.3, -0.25) is 9.20 Å². The number of nitrogens with one attached hydrogen (secondary N) is 1. The number of aromatic hydroxyl groups is 1. The molecule has 120 valence electrons. The van der Waals surface area contributed by atoms with Gasteiger partial charge in [0.25, 0.3) is 5.91 Å². The lowest BCUT2D eigenvalue weighted by molar-refractivity contribution is -0.117. The summed E-state index contributed by atoms with van der Waals surface area (Å²) in [5, 5.41) is 20.3. The second kappa shape index (κ2) is 5.57. The number of benzene rings is 1. The molecular weight excluding hydrogens is 326 g/mol. The predicted molar refractivity (Wildman–Crippen MR) is 91.0 cm³/mol. The molecule has 24 heavy (non-hydrogen) atoms. The van der Waals surface area contributed by atoms with E-state index in [0.717, 1.165) is 21.4 Å². The highest BCUT2D eigenvalue weighted by Gasteiger charge is 2.13. The average Bonchev–Trinajstić information content (AvgIpc) is 3.19. The summed E-state index contributed by atoms with van der Waals surface area (Å²) in [6.45, 7) is 1.93. The standard InChI is InChI=1S/C16H13N5O2S/c1-9-3-2-4-11-13(9)18-15(23)14(11)20-19-12(22)7-10-8-21-5-6-24-16(21)17-10/h2-6,8,18,23H,7H2,1H3. The molecule has 0 aliphatic heterocycles. The fraction of sp³-hybridized carbons (Fsp3) is 0.125. The van der Waals surface area contributed by atoms with E-state index >= 15 is 0 Å². The molecule has 8 heteroatoms. The molecule has 4 rings (SSSR count). The summed E-state index contributed by atoms with van der Waals surface area (Å²) < 4.78 is 1.86. The average molecular weight is 339 g/mol. The second-order valence-corrected chi connectivity index (χ2v) is 6.29. The van der Waals surface area contributed by atoms with Crippen molar-refractivity contribution in [2.24, 2.45) is 10.2 Å². The molecule has 0 fully saturated rings. The molecular formula is C16H13N5O2S. The van der Waals surface area contributed by atoms with Crippen molar-refractivity contribution >= 4 is 38.8 Å². The van der Waals surface area contributed by atoms with E-state index in [1.807, 2.05) is 41.1 Å². The summed E-state index contributed by atoms with van der Waals surface area (Å²) in [7, 11) is 0. The van der Waals surface area contributed by atoms with Crippen molar-refractivity contribution in [2.45, 2.75) is 13.3 Å². The number of hydrogen-bond donors (Lipinski definition) is 2. The zero-order valence-electron chi connectivity index (χ0n) is 12.7. The van der Waals surface area contributed by atoms with Gasteiger partial charge in [0, 0.05) is 23.2 Å². The molecule has 3 aromatic heterocycles. The van der Waals surface area contributed by atoms with Crippen LogP contribution in [0.3, 0.4) is 0 Å². The number of aryl methyl sites for hydroxylation is 1. The van der Waals surface area contributed by atoms with Crippen LogP contribution in [0.15, 0.2) is 46.2 Å². The predicted octanol–water partition coefficient (Wildman–Crippen LogP) is 3.74. The van der Waals surface area contributed by atoms with Gasteiger partial charge in [-0.1, -0.05) is 18.2 Å². The molecule has 1 aromatic carbocycles. The number of imidazole rings is 1. The van der Waals surface area contributed by atoms with Gasteiger partial charge in [0.15, 0.2) is 10.6 Å². The molecule has 0 atom stereocenters. The minimum absolute atomic E-state index is 0.0695. The number of thiazole rings is 1. The SMILES string of the molecule is Cc1cccc2c(N=NC(=O)Cc3cn4ccsc4n3)c(O)[nH]c12. The number of rotatable bonds is 3. The number of carbonyl (C=O) groups is 1. The first-order valence-corrected chi connectivity index (χ1v) is 8.15. The summed E-state index contributed by atoms with van der Waals surface area (Å²) in [6, 6.07) is 5.61. The normalized spacial score (nSPS) is 11.9. The van der Waals surface area contributed by atoms with E-state index in [1.165, 1.54) is 11.3 Å². The summed E-state index contributed by atoms with van der Waals surface area (Å²) in [6.07, 6.45) is 3.75. The fourth-order valence-electron chi connectivity index (χ4n) is 2.59. The van der Waals surface area contributed by atoms with Gasteiger partial charge in [0.2, 0.25) is 5.88 Å². The Hall–Kier alpha value is -3.00. The van der Waals surface area contributed by atoms with Crippen LogP contribution in [0, 0.1) is 6.92 Å². The Bertz CT molecular complexity index is 1060. The lowest BCUT2D eigenvalue weighted by Crippen LogP contribution is -1.98. The molecule has 0 bridgehead atoms. The Kier molecular flexibility index (Phi) is 3.39. The van der Waals surface area contributed by atoms with E-state index in [1.54, 1.807) is 6.20 Å². The van der Waals surface area contributed by atoms with Crippen molar-refractivity contribution < 1.29 is 9.90 Å². The van der Waals surface area contributed by atoms with E-state index in [2.05, 4.69) is 20.2 Å². The number of H-pyrrole nitrogens is 1. The van der Waals surface area contributed by atoms with Gasteiger partial charge in [-0.15, -0.1) is 21.6 Å². The highest BCUT2D eigenvalue weighted by Crippen LogP contribution is 2.36. The maximum Gasteiger partial charge on any atom is 0.270 e. The summed E-state index contributed by atoms with van der Waals surface area (Å²) in [5.74, 6) is -0.513. The minimum Gasteiger partial charge on any atom is -0.493 e. The Morgan fingerprint density at radius 1 is 1.46 bits per heavy atom. The third kappa shape index (κ3) is 2.46. The fourth-order valence-corrected chi connectivity index (χ4v) is 3.31. The number of aromatic amines is 1. The zero-order chi connectivity index (χ0) is 16.7. The molecule has 7 nitrogen and oxygen atoms in total. The van der Waals surface area contributed by atoms with Crippen LogP contribution in [0.4, 0.5) is 5.69 Å². The highest BCUT2D eigenvalue weighted by atomic mass is 32.1. The molecule has 0 saturated carbocycles. The molecule has 2 N–H and O–H groups in total. The number of azo groups is 1. The van der Waals surface area contributed by atoms with Crippen LogP contribution in [0.5, 0.6) is 5.88 Å². The number of carbonyl (C=O) groups excluding carboxylic acids is 1. The van der Waals surface area contributed by atoms with Crippen LogP contribution >= 0.6 is 11.3 Å². The van der Waals surface area contributed by atoms with Gasteiger partial charge < -0.3 is 10.1 Å². The lowest BCUT2D eigenvalue weighted by atomic mass is 10.1. The quantitative estimate of drug-likeness (QED) is 0.557. The maximum atomic E-state index is 12.0. The van der Waals surface area contributed by atoms with Crippen molar-refractivity contribution in [3.8, 4) is 5.88 Å². The van der Waals surface area contributed by atoms with Crippen molar-refractivity contribution in [3.63, 3.8) is 0 Å². The van der Waals surface area contributed by atoms with E-state index in [4.69, 9.17) is 0 Å². The molecule has 0 radical (unpaired) electrons. The maximum absolute atomic E-state index is 12.0. The number of fused-ring (bicyclic) bond motifs is 2. The molecule has 1 amide bonds. The number of amides is 1. The van der Waals surface area contributed by atoms with Crippen LogP contribution in [0.2, 0.25) is 0 Å². The topological polar surface area (TPSA) is 95.1 Å². The summed E-state index contributed by atoms with van der Waals surface area (Å²) in [5.41, 5.74) is 2.68. The first-order valence-electron chi connectivity index (χ1n) is 7.28. The zero-order valence-corrected chi connectivity index (χ0v) is 13.5. The van der Waals surface area contributed by atoms with Gasteiger partial charge in [0.1, 0.15) is 0 Å². The molecule has 0 unspecified atom stereocenters. The number of para-hydroxylation sites is 1. The minimum atomic E-state index is -0.415. The van der Waals surface area contributed by atoms with Crippen LogP contribution in [0.25, 0.3) is 15.9 Å². The lowest BCUT2D eigenvalue weighted by Gasteiger charge is -1.94. The highest BCUT2D eigenvalue weighted by molar-refractivity contribution is 7.15. The molecule has 0 aliphatic rings. The van der Waals surface area contributed by atoms with Crippen molar-refractivity contribution in [1.29, 1.82) is 0 Å². The number of hydrogen-bond acceptors (Lipinski definition) is 5. The molecule has 3 heterocycles. The van der Waals surface area contributed by atoms with E-state index in [0.29, 0.717) is 5.69 Å². The Balaban J connectivity index is 1.58. The summed E-state index contributed by atoms with van der Waals surface area (Å²) in [4.78, 5) is 20.1. The van der Waals surface area contributed by atoms with E-state index < -0.39 is 5.91 Å². The third-order valence-electron chi connectivity index (χ3n) is 3.73. The Labute approximate surface area is 140 Å². The van der Waals surface area contributed by atoms with Crippen molar-refractivity contribution in [2.75, 3.05) is 0 Å². The first-order chi connectivity index (χ1) is 11.6. The van der Waals surface area contributed by atoms with E-state index in [-0.39, 0.29) is 18.0 Å². The Morgan fingerprint density at radius 3 is 3.17 bits per heavy atom. The third-order valence-corrected chi connectivity index (χ3v) is 4.50. The number of nitrogens with zero attached hydrogens (tertiary/aromatic N) is 4. The van der Waals surface area contributed by atoms with Gasteiger partial charge in [0.05, 0.1) is 17.6 Å². The van der Waals surface area contributed by atoms with Crippen molar-refractivity contribution in [1.82, 2.24) is 14.4 Å². The Morgan fingerprint density at radius 2 is 2.33 bits per heavy atom. The second-order valence-electron chi connectivity index (χ2n) is 5.42. The first kappa shape index (κ1) is 14.6. The summed E-state index contributed by atoms with van der Waals surface area (Å²) >= 11 is 1.50. The van der Waals surface area contributed by atoms with Crippen molar-refractivity contribution in [3.05, 3.63) is 47.2 Å². The molecule has 0 spiro atoms. The monoisotopic (exact) mass is 339 g/mol. The van der Waals surface area contributed by atoms with Gasteiger partial charge in [-0.05, 0) is 12.5 Å².